The second kappa shape index (κ2) is 5.52. The number of rotatable bonds is 4. The van der Waals surface area contributed by atoms with E-state index < -0.39 is 5.60 Å². The lowest BCUT2D eigenvalue weighted by Crippen LogP contribution is -2.33. The molecule has 5 nitrogen and oxygen atoms in total. The van der Waals surface area contributed by atoms with E-state index in [1.54, 1.807) is 4.68 Å². The van der Waals surface area contributed by atoms with E-state index in [1.165, 1.54) is 0 Å². The minimum atomic E-state index is -0.478. The number of hydrogen-bond acceptors (Lipinski definition) is 4. The van der Waals surface area contributed by atoms with Gasteiger partial charge in [0.15, 0.2) is 0 Å². The molecule has 0 spiro atoms. The van der Waals surface area contributed by atoms with Crippen LogP contribution < -0.4 is 5.73 Å². The molecule has 2 N–H and O–H groups in total. The van der Waals surface area contributed by atoms with Gasteiger partial charge in [0.25, 0.3) is 0 Å². The van der Waals surface area contributed by atoms with Crippen molar-refractivity contribution in [1.82, 2.24) is 9.78 Å². The van der Waals surface area contributed by atoms with Crippen LogP contribution in [0.25, 0.3) is 0 Å². The van der Waals surface area contributed by atoms with Crippen molar-refractivity contribution in [2.45, 2.75) is 39.7 Å². The molecule has 0 aliphatic rings. The van der Waals surface area contributed by atoms with Gasteiger partial charge in [0.1, 0.15) is 5.60 Å². The highest BCUT2D eigenvalue weighted by atomic mass is 16.6. The third-order valence-corrected chi connectivity index (χ3v) is 2.61. The van der Waals surface area contributed by atoms with Crippen LogP contribution in [-0.4, -0.2) is 27.9 Å². The maximum atomic E-state index is 12.0. The van der Waals surface area contributed by atoms with Crippen LogP contribution in [0, 0.1) is 12.8 Å². The molecule has 0 saturated carbocycles. The number of nitrogens with two attached hydrogens (primary N) is 1. The molecule has 1 heterocycles. The summed E-state index contributed by atoms with van der Waals surface area (Å²) < 4.78 is 7.11. The molecular weight excluding hydrogens is 230 g/mol. The fourth-order valence-electron chi connectivity index (χ4n) is 1.76. The van der Waals surface area contributed by atoms with Crippen LogP contribution in [0.15, 0.2) is 6.20 Å². The normalized spacial score (nSPS) is 13.4. The monoisotopic (exact) mass is 253 g/mol. The molecule has 1 atom stereocenters. The van der Waals surface area contributed by atoms with E-state index in [0.717, 1.165) is 11.3 Å². The Morgan fingerprint density at radius 3 is 2.56 bits per heavy atom. The average molecular weight is 253 g/mol. The smallest absolute Gasteiger partial charge is 0.311 e. The van der Waals surface area contributed by atoms with Crippen LogP contribution in [-0.2, 0) is 23.0 Å². The van der Waals surface area contributed by atoms with Crippen LogP contribution in [0.3, 0.4) is 0 Å². The fraction of sp³-hybridized carbons (Fsp3) is 0.692. The highest BCUT2D eigenvalue weighted by Crippen LogP contribution is 2.16. The number of ether oxygens (including phenoxy) is 1. The standard InChI is InChI=1S/C13H23N3O2/c1-9-11(8-16(5)15-9)6-10(7-14)12(17)18-13(2,3)4/h8,10H,6-7,14H2,1-5H3. The largest absolute Gasteiger partial charge is 0.460 e. The van der Waals surface area contributed by atoms with E-state index in [4.69, 9.17) is 10.5 Å². The van der Waals surface area contributed by atoms with Crippen molar-refractivity contribution in [3.05, 3.63) is 17.5 Å². The Labute approximate surface area is 108 Å². The van der Waals surface area contributed by atoms with Crippen molar-refractivity contribution in [2.75, 3.05) is 6.54 Å². The molecule has 1 aromatic heterocycles. The van der Waals surface area contributed by atoms with Crippen LogP contribution in [0.1, 0.15) is 32.0 Å². The molecule has 0 aliphatic carbocycles. The summed E-state index contributed by atoms with van der Waals surface area (Å²) in [4.78, 5) is 12.0. The average Bonchev–Trinajstić information content (AvgIpc) is 2.50. The van der Waals surface area contributed by atoms with E-state index >= 15 is 0 Å². The van der Waals surface area contributed by atoms with Crippen molar-refractivity contribution in [3.8, 4) is 0 Å². The summed E-state index contributed by atoms with van der Waals surface area (Å²) in [7, 11) is 1.86. The van der Waals surface area contributed by atoms with Gasteiger partial charge in [0, 0.05) is 19.8 Å². The molecule has 0 amide bonds. The van der Waals surface area contributed by atoms with Crippen molar-refractivity contribution in [3.63, 3.8) is 0 Å². The quantitative estimate of drug-likeness (QED) is 0.818. The first-order valence-corrected chi connectivity index (χ1v) is 6.15. The van der Waals surface area contributed by atoms with Gasteiger partial charge in [0.2, 0.25) is 0 Å². The summed E-state index contributed by atoms with van der Waals surface area (Å²) in [6.07, 6.45) is 2.49. The minimum Gasteiger partial charge on any atom is -0.460 e. The zero-order chi connectivity index (χ0) is 13.9. The molecular formula is C13H23N3O2. The molecule has 18 heavy (non-hydrogen) atoms. The highest BCUT2D eigenvalue weighted by molar-refractivity contribution is 5.73. The summed E-state index contributed by atoms with van der Waals surface area (Å²) in [5.41, 5.74) is 7.16. The molecule has 0 bridgehead atoms. The van der Waals surface area contributed by atoms with Gasteiger partial charge in [0.05, 0.1) is 11.6 Å². The molecule has 0 fully saturated rings. The predicted octanol–water partition coefficient (Wildman–Crippen LogP) is 1.19. The van der Waals surface area contributed by atoms with Gasteiger partial charge in [-0.05, 0) is 39.7 Å². The Morgan fingerprint density at radius 2 is 2.17 bits per heavy atom. The SMILES string of the molecule is Cc1nn(C)cc1CC(CN)C(=O)OC(C)(C)C. The van der Waals surface area contributed by atoms with E-state index in [1.807, 2.05) is 40.9 Å². The summed E-state index contributed by atoms with van der Waals surface area (Å²) in [5, 5.41) is 4.26. The second-order valence-electron chi connectivity index (χ2n) is 5.58. The minimum absolute atomic E-state index is 0.242. The Kier molecular flexibility index (Phi) is 4.51. The van der Waals surface area contributed by atoms with Gasteiger partial charge in [-0.1, -0.05) is 0 Å². The lowest BCUT2D eigenvalue weighted by Gasteiger charge is -2.23. The van der Waals surface area contributed by atoms with Crippen molar-refractivity contribution >= 4 is 5.97 Å². The van der Waals surface area contributed by atoms with Crippen LogP contribution in [0.4, 0.5) is 0 Å². The number of aryl methyl sites for hydroxylation is 2. The predicted molar refractivity (Wildman–Crippen MR) is 70.0 cm³/mol. The van der Waals surface area contributed by atoms with Gasteiger partial charge in [-0.15, -0.1) is 0 Å². The molecule has 0 aliphatic heterocycles. The number of carbonyl (C=O) groups is 1. The van der Waals surface area contributed by atoms with Crippen molar-refractivity contribution in [2.24, 2.45) is 18.7 Å². The lowest BCUT2D eigenvalue weighted by molar-refractivity contribution is -0.159. The Bertz CT molecular complexity index is 418. The van der Waals surface area contributed by atoms with E-state index in [-0.39, 0.29) is 18.4 Å². The summed E-state index contributed by atoms with van der Waals surface area (Å²) in [6, 6.07) is 0. The summed E-state index contributed by atoms with van der Waals surface area (Å²) in [5.74, 6) is -0.555. The molecule has 1 rings (SSSR count). The van der Waals surface area contributed by atoms with Crippen LogP contribution >= 0.6 is 0 Å². The van der Waals surface area contributed by atoms with Gasteiger partial charge < -0.3 is 10.5 Å². The van der Waals surface area contributed by atoms with Crippen molar-refractivity contribution < 1.29 is 9.53 Å². The molecule has 0 saturated heterocycles. The van der Waals surface area contributed by atoms with Gasteiger partial charge >= 0.3 is 5.97 Å². The Hall–Kier alpha value is -1.36. The number of esters is 1. The third kappa shape index (κ3) is 4.14. The summed E-state index contributed by atoms with van der Waals surface area (Å²) in [6.45, 7) is 7.77. The molecule has 102 valence electrons. The van der Waals surface area contributed by atoms with E-state index in [2.05, 4.69) is 5.10 Å². The Balaban J connectivity index is 2.73. The first-order valence-electron chi connectivity index (χ1n) is 6.15. The Morgan fingerprint density at radius 1 is 1.56 bits per heavy atom. The third-order valence-electron chi connectivity index (χ3n) is 2.61. The van der Waals surface area contributed by atoms with Crippen LogP contribution in [0.5, 0.6) is 0 Å². The first-order chi connectivity index (χ1) is 8.23. The zero-order valence-corrected chi connectivity index (χ0v) is 11.9. The lowest BCUT2D eigenvalue weighted by atomic mass is 10.00. The van der Waals surface area contributed by atoms with Gasteiger partial charge in [-0.3, -0.25) is 9.48 Å². The zero-order valence-electron chi connectivity index (χ0n) is 11.9. The molecule has 0 aromatic carbocycles. The van der Waals surface area contributed by atoms with E-state index in [9.17, 15) is 4.79 Å². The molecule has 5 heteroatoms. The number of hydrogen-bond donors (Lipinski definition) is 1. The number of aromatic nitrogens is 2. The first kappa shape index (κ1) is 14.7. The second-order valence-corrected chi connectivity index (χ2v) is 5.58. The number of carbonyl (C=O) groups excluding carboxylic acids is 1. The number of nitrogens with zero attached hydrogens (tertiary/aromatic N) is 2. The summed E-state index contributed by atoms with van der Waals surface area (Å²) >= 11 is 0. The fourth-order valence-corrected chi connectivity index (χ4v) is 1.76. The topological polar surface area (TPSA) is 70.1 Å². The van der Waals surface area contributed by atoms with Gasteiger partial charge in [-0.2, -0.15) is 5.10 Å². The van der Waals surface area contributed by atoms with Gasteiger partial charge in [-0.25, -0.2) is 0 Å². The maximum Gasteiger partial charge on any atom is 0.311 e. The molecule has 1 aromatic rings. The molecule has 0 radical (unpaired) electrons. The van der Waals surface area contributed by atoms with Crippen LogP contribution in [0.2, 0.25) is 0 Å². The van der Waals surface area contributed by atoms with E-state index in [0.29, 0.717) is 6.42 Å². The van der Waals surface area contributed by atoms with Crippen molar-refractivity contribution in [1.29, 1.82) is 0 Å². The molecule has 1 unspecified atom stereocenters. The maximum absolute atomic E-state index is 12.0. The highest BCUT2D eigenvalue weighted by Gasteiger charge is 2.25.